The molecular weight excluding hydrogens is 308 g/mol. The zero-order valence-electron chi connectivity index (χ0n) is 11.0. The Morgan fingerprint density at radius 3 is 2.63 bits per heavy atom. The molecule has 0 saturated heterocycles. The molecule has 0 bridgehead atoms. The van der Waals surface area contributed by atoms with Crippen molar-refractivity contribution in [3.63, 3.8) is 0 Å². The van der Waals surface area contributed by atoms with E-state index < -0.39 is 0 Å². The van der Waals surface area contributed by atoms with Gasteiger partial charge in [-0.05, 0) is 26.0 Å². The van der Waals surface area contributed by atoms with Crippen LogP contribution < -0.4 is 10.1 Å². The lowest BCUT2D eigenvalue weighted by molar-refractivity contribution is 0.222. The van der Waals surface area contributed by atoms with E-state index in [2.05, 4.69) is 36.2 Å². The topological polar surface area (TPSA) is 59.9 Å². The minimum atomic E-state index is 0.0162. The molecule has 0 unspecified atom stereocenters. The fraction of sp³-hybridized carbons (Fsp3) is 0.308. The predicted octanol–water partition coefficient (Wildman–Crippen LogP) is 3.13. The van der Waals surface area contributed by atoms with Crippen molar-refractivity contribution in [1.29, 1.82) is 0 Å². The summed E-state index contributed by atoms with van der Waals surface area (Å²) in [6.45, 7) is 3.86. The lowest BCUT2D eigenvalue weighted by atomic mass is 10.2. The number of ether oxygens (including phenoxy) is 1. The van der Waals surface area contributed by atoms with Crippen LogP contribution in [0.15, 0.2) is 28.7 Å². The zero-order valence-corrected chi connectivity index (χ0v) is 12.6. The van der Waals surface area contributed by atoms with E-state index in [0.717, 1.165) is 10.0 Å². The van der Waals surface area contributed by atoms with Crippen LogP contribution in [0.4, 0.5) is 5.95 Å². The fourth-order valence-corrected chi connectivity index (χ4v) is 1.89. The van der Waals surface area contributed by atoms with Gasteiger partial charge in [-0.25, -0.2) is 0 Å². The maximum Gasteiger partial charge on any atom is 0.322 e. The predicted molar refractivity (Wildman–Crippen MR) is 78.3 cm³/mol. The highest BCUT2D eigenvalue weighted by Gasteiger charge is 2.10. The van der Waals surface area contributed by atoms with Crippen molar-refractivity contribution >= 4 is 21.9 Å². The summed E-state index contributed by atoms with van der Waals surface area (Å²) in [5, 5.41) is 2.91. The molecule has 2 rings (SSSR count). The van der Waals surface area contributed by atoms with Crippen molar-refractivity contribution in [2.75, 3.05) is 12.4 Å². The van der Waals surface area contributed by atoms with Gasteiger partial charge in [-0.2, -0.15) is 15.0 Å². The Morgan fingerprint density at radius 1 is 1.21 bits per heavy atom. The molecule has 0 spiro atoms. The molecule has 1 aromatic heterocycles. The molecule has 0 amide bonds. The van der Waals surface area contributed by atoms with Crippen LogP contribution in [0.3, 0.4) is 0 Å². The number of rotatable bonds is 4. The van der Waals surface area contributed by atoms with Crippen molar-refractivity contribution in [1.82, 2.24) is 15.0 Å². The van der Waals surface area contributed by atoms with Gasteiger partial charge in [0.2, 0.25) is 5.95 Å². The molecular formula is C13H15BrN4O. The first-order valence-corrected chi connectivity index (χ1v) is 6.74. The molecule has 19 heavy (non-hydrogen) atoms. The van der Waals surface area contributed by atoms with Gasteiger partial charge in [-0.3, -0.25) is 0 Å². The van der Waals surface area contributed by atoms with Gasteiger partial charge in [0.05, 0.1) is 6.10 Å². The van der Waals surface area contributed by atoms with Gasteiger partial charge in [0.15, 0.2) is 5.82 Å². The number of anilines is 1. The number of nitrogens with zero attached hydrogens (tertiary/aromatic N) is 3. The zero-order chi connectivity index (χ0) is 13.8. The Morgan fingerprint density at radius 2 is 2.00 bits per heavy atom. The van der Waals surface area contributed by atoms with E-state index in [1.165, 1.54) is 0 Å². The van der Waals surface area contributed by atoms with Crippen LogP contribution in [0.2, 0.25) is 0 Å². The molecule has 0 atom stereocenters. The van der Waals surface area contributed by atoms with E-state index in [9.17, 15) is 0 Å². The van der Waals surface area contributed by atoms with E-state index in [4.69, 9.17) is 4.74 Å². The first-order chi connectivity index (χ1) is 9.08. The number of hydrogen-bond acceptors (Lipinski definition) is 5. The third-order valence-corrected chi connectivity index (χ3v) is 2.76. The van der Waals surface area contributed by atoms with Crippen molar-refractivity contribution in [3.05, 3.63) is 28.7 Å². The second-order valence-corrected chi connectivity index (χ2v) is 5.11. The largest absolute Gasteiger partial charge is 0.461 e. The van der Waals surface area contributed by atoms with Gasteiger partial charge in [-0.1, -0.05) is 28.1 Å². The molecule has 6 heteroatoms. The summed E-state index contributed by atoms with van der Waals surface area (Å²) in [6, 6.07) is 8.11. The molecule has 100 valence electrons. The van der Waals surface area contributed by atoms with Gasteiger partial charge in [0, 0.05) is 17.1 Å². The van der Waals surface area contributed by atoms with E-state index in [1.807, 2.05) is 38.1 Å². The van der Waals surface area contributed by atoms with Crippen LogP contribution in [0.1, 0.15) is 13.8 Å². The summed E-state index contributed by atoms with van der Waals surface area (Å²) in [4.78, 5) is 12.8. The van der Waals surface area contributed by atoms with Gasteiger partial charge in [0.25, 0.3) is 0 Å². The highest BCUT2D eigenvalue weighted by molar-refractivity contribution is 9.10. The monoisotopic (exact) mass is 322 g/mol. The van der Waals surface area contributed by atoms with Gasteiger partial charge >= 0.3 is 6.01 Å². The summed E-state index contributed by atoms with van der Waals surface area (Å²) >= 11 is 3.44. The highest BCUT2D eigenvalue weighted by Crippen LogP contribution is 2.22. The maximum absolute atomic E-state index is 5.54. The minimum Gasteiger partial charge on any atom is -0.461 e. The second-order valence-electron chi connectivity index (χ2n) is 4.19. The number of aromatic nitrogens is 3. The number of nitrogens with one attached hydrogen (secondary N) is 1. The van der Waals surface area contributed by atoms with Crippen molar-refractivity contribution in [2.45, 2.75) is 20.0 Å². The van der Waals surface area contributed by atoms with Crippen LogP contribution in [0.25, 0.3) is 11.4 Å². The molecule has 0 aliphatic carbocycles. The SMILES string of the molecule is CNc1nc(OC(C)C)nc(-c2cccc(Br)c2)n1. The smallest absolute Gasteiger partial charge is 0.322 e. The maximum atomic E-state index is 5.54. The van der Waals surface area contributed by atoms with Crippen LogP contribution >= 0.6 is 15.9 Å². The molecule has 0 saturated carbocycles. The molecule has 0 radical (unpaired) electrons. The molecule has 1 aromatic carbocycles. The van der Waals surface area contributed by atoms with Gasteiger partial charge in [0.1, 0.15) is 0 Å². The third kappa shape index (κ3) is 3.64. The summed E-state index contributed by atoms with van der Waals surface area (Å²) in [5.74, 6) is 1.07. The van der Waals surface area contributed by atoms with E-state index in [1.54, 1.807) is 7.05 Å². The number of hydrogen-bond donors (Lipinski definition) is 1. The average Bonchev–Trinajstić information content (AvgIpc) is 2.37. The van der Waals surface area contributed by atoms with Crippen molar-refractivity contribution in [3.8, 4) is 17.4 Å². The first-order valence-electron chi connectivity index (χ1n) is 5.95. The summed E-state index contributed by atoms with van der Waals surface area (Å²) in [7, 11) is 1.76. The normalized spacial score (nSPS) is 10.6. The van der Waals surface area contributed by atoms with E-state index >= 15 is 0 Å². The van der Waals surface area contributed by atoms with Gasteiger partial charge < -0.3 is 10.1 Å². The average molecular weight is 323 g/mol. The Labute approximate surface area is 120 Å². The summed E-state index contributed by atoms with van der Waals surface area (Å²) in [6.07, 6.45) is 0.0162. The van der Waals surface area contributed by atoms with Gasteiger partial charge in [-0.15, -0.1) is 0 Å². The Hall–Kier alpha value is -1.69. The van der Waals surface area contributed by atoms with Crippen LogP contribution in [-0.2, 0) is 0 Å². The Bertz CT molecular complexity index is 574. The van der Waals surface area contributed by atoms with E-state index in [0.29, 0.717) is 17.8 Å². The van der Waals surface area contributed by atoms with Crippen LogP contribution in [0, 0.1) is 0 Å². The van der Waals surface area contributed by atoms with Crippen LogP contribution in [-0.4, -0.2) is 28.1 Å². The summed E-state index contributed by atoms with van der Waals surface area (Å²) in [5.41, 5.74) is 0.905. The molecule has 5 nitrogen and oxygen atoms in total. The number of benzene rings is 1. The molecule has 0 aliphatic rings. The van der Waals surface area contributed by atoms with Crippen molar-refractivity contribution in [2.24, 2.45) is 0 Å². The molecule has 1 N–H and O–H groups in total. The lowest BCUT2D eigenvalue weighted by Crippen LogP contribution is -2.11. The molecule has 0 aliphatic heterocycles. The molecule has 0 fully saturated rings. The number of halogens is 1. The van der Waals surface area contributed by atoms with Crippen molar-refractivity contribution < 1.29 is 4.74 Å². The minimum absolute atomic E-state index is 0.0162. The fourth-order valence-electron chi connectivity index (χ4n) is 1.49. The quantitative estimate of drug-likeness (QED) is 0.937. The first kappa shape index (κ1) is 13.7. The molecule has 1 heterocycles. The Kier molecular flexibility index (Phi) is 4.31. The standard InChI is InChI=1S/C13H15BrN4O/c1-8(2)19-13-17-11(16-12(15-3)18-13)9-5-4-6-10(14)7-9/h4-8H,1-3H3,(H,15,16,17,18). The lowest BCUT2D eigenvalue weighted by Gasteiger charge is -2.10. The second kappa shape index (κ2) is 5.97. The third-order valence-electron chi connectivity index (χ3n) is 2.26. The Balaban J connectivity index is 2.44. The summed E-state index contributed by atoms with van der Waals surface area (Å²) < 4.78 is 6.51. The highest BCUT2D eigenvalue weighted by atomic mass is 79.9. The van der Waals surface area contributed by atoms with Crippen LogP contribution in [0.5, 0.6) is 6.01 Å². The van der Waals surface area contributed by atoms with E-state index in [-0.39, 0.29) is 6.10 Å². The molecule has 2 aromatic rings.